The van der Waals surface area contributed by atoms with Crippen LogP contribution in [-0.4, -0.2) is 45.7 Å². The van der Waals surface area contributed by atoms with Crippen LogP contribution in [0.2, 0.25) is 0 Å². The fraction of sp³-hybridized carbons (Fsp3) is 0.429. The van der Waals surface area contributed by atoms with Crippen LogP contribution in [0.4, 0.5) is 4.39 Å². The quantitative estimate of drug-likeness (QED) is 0.813. The topological polar surface area (TPSA) is 57.6 Å². The maximum absolute atomic E-state index is 13.9. The first-order valence-corrected chi connectivity index (χ1v) is 8.75. The minimum absolute atomic E-state index is 0.0451. The summed E-state index contributed by atoms with van der Waals surface area (Å²) in [5.41, 5.74) is 0.531. The van der Waals surface area contributed by atoms with Crippen LogP contribution in [-0.2, 0) is 9.59 Å². The lowest BCUT2D eigenvalue weighted by atomic mass is 10.2. The smallest absolute Gasteiger partial charge is 0.304 e. The van der Waals surface area contributed by atoms with Gasteiger partial charge in [-0.15, -0.1) is 11.8 Å². The Kier molecular flexibility index (Phi) is 5.93. The van der Waals surface area contributed by atoms with E-state index in [1.54, 1.807) is 34.9 Å². The molecule has 0 saturated carbocycles. The molecule has 1 atom stereocenters. The van der Waals surface area contributed by atoms with Crippen molar-refractivity contribution in [3.05, 3.63) is 35.6 Å². The minimum Gasteiger partial charge on any atom is -0.481 e. The summed E-state index contributed by atoms with van der Waals surface area (Å²) < 4.78 is 13.9. The van der Waals surface area contributed by atoms with Gasteiger partial charge in [-0.25, -0.2) is 4.39 Å². The Bertz CT molecular complexity index is 527. The van der Waals surface area contributed by atoms with Crippen molar-refractivity contribution in [3.8, 4) is 0 Å². The summed E-state index contributed by atoms with van der Waals surface area (Å²) in [6.07, 6.45) is 0.0451. The van der Waals surface area contributed by atoms with Crippen molar-refractivity contribution >= 4 is 35.4 Å². The number of nitrogens with zero attached hydrogens (tertiary/aromatic N) is 1. The second-order valence-corrected chi connectivity index (χ2v) is 6.82. The molecule has 1 aromatic rings. The number of hydrogen-bond acceptors (Lipinski definition) is 4. The monoisotopic (exact) mass is 329 g/mol. The van der Waals surface area contributed by atoms with Gasteiger partial charge >= 0.3 is 5.97 Å². The molecule has 0 radical (unpaired) electrons. The van der Waals surface area contributed by atoms with Gasteiger partial charge in [0.15, 0.2) is 0 Å². The Labute approximate surface area is 131 Å². The van der Waals surface area contributed by atoms with Crippen molar-refractivity contribution in [1.29, 1.82) is 0 Å². The Morgan fingerprint density at radius 1 is 1.43 bits per heavy atom. The van der Waals surface area contributed by atoms with Crippen molar-refractivity contribution in [3.63, 3.8) is 0 Å². The number of halogens is 1. The van der Waals surface area contributed by atoms with Gasteiger partial charge in [-0.1, -0.05) is 18.2 Å². The Balaban J connectivity index is 1.94. The van der Waals surface area contributed by atoms with E-state index in [1.807, 2.05) is 0 Å². The summed E-state index contributed by atoms with van der Waals surface area (Å²) in [6, 6.07) is 6.50. The zero-order chi connectivity index (χ0) is 15.2. The second-order valence-electron chi connectivity index (χ2n) is 4.53. The van der Waals surface area contributed by atoms with Gasteiger partial charge in [0.25, 0.3) is 0 Å². The van der Waals surface area contributed by atoms with Gasteiger partial charge in [-0.05, 0) is 6.07 Å². The third-order valence-corrected chi connectivity index (χ3v) is 5.25. The molecule has 2 rings (SSSR count). The van der Waals surface area contributed by atoms with Crippen LogP contribution in [0, 0.1) is 5.82 Å². The van der Waals surface area contributed by atoms with E-state index in [4.69, 9.17) is 5.11 Å². The van der Waals surface area contributed by atoms with Gasteiger partial charge in [0.05, 0.1) is 12.2 Å². The molecule has 4 nitrogen and oxygen atoms in total. The first-order valence-electron chi connectivity index (χ1n) is 6.54. The minimum atomic E-state index is -0.865. The summed E-state index contributed by atoms with van der Waals surface area (Å²) >= 11 is 2.85. The van der Waals surface area contributed by atoms with Gasteiger partial charge in [-0.2, -0.15) is 11.8 Å². The van der Waals surface area contributed by atoms with Crippen molar-refractivity contribution in [2.24, 2.45) is 0 Å². The highest BCUT2D eigenvalue weighted by Gasteiger charge is 2.31. The lowest BCUT2D eigenvalue weighted by Gasteiger charge is -2.24. The van der Waals surface area contributed by atoms with E-state index in [0.29, 0.717) is 17.9 Å². The van der Waals surface area contributed by atoms with E-state index in [1.165, 1.54) is 17.8 Å². The van der Waals surface area contributed by atoms with Gasteiger partial charge in [-0.3, -0.25) is 9.59 Å². The molecule has 1 aliphatic heterocycles. The maximum Gasteiger partial charge on any atom is 0.304 e. The average molecular weight is 329 g/mol. The highest BCUT2D eigenvalue weighted by molar-refractivity contribution is 8.00. The van der Waals surface area contributed by atoms with E-state index >= 15 is 0 Å². The standard InChI is InChI=1S/C14H16FNO3S2/c15-11-4-2-1-3-10(11)14-16(6-8-21-14)12(17)9-20-7-5-13(18)19/h1-4,14H,5-9H2,(H,18,19)/t14-/m1/s1. The molecule has 1 fully saturated rings. The zero-order valence-corrected chi connectivity index (χ0v) is 13.0. The SMILES string of the molecule is O=C(O)CCSCC(=O)N1CCS[C@@H]1c1ccccc1F. The number of carboxylic acid groups (broad SMARTS) is 1. The molecule has 1 aliphatic rings. The van der Waals surface area contributed by atoms with E-state index in [-0.39, 0.29) is 29.3 Å². The van der Waals surface area contributed by atoms with Crippen molar-refractivity contribution in [2.45, 2.75) is 11.8 Å². The maximum atomic E-state index is 13.9. The molecule has 1 amide bonds. The molecule has 1 saturated heterocycles. The van der Waals surface area contributed by atoms with Crippen molar-refractivity contribution in [1.82, 2.24) is 4.90 Å². The van der Waals surface area contributed by atoms with Crippen molar-refractivity contribution in [2.75, 3.05) is 23.8 Å². The van der Waals surface area contributed by atoms with Crippen LogP contribution in [0.3, 0.4) is 0 Å². The molecular weight excluding hydrogens is 313 g/mol. The second kappa shape index (κ2) is 7.70. The van der Waals surface area contributed by atoms with E-state index in [2.05, 4.69) is 0 Å². The number of rotatable bonds is 6. The molecular formula is C14H16FNO3S2. The van der Waals surface area contributed by atoms with Crippen molar-refractivity contribution < 1.29 is 19.1 Å². The fourth-order valence-electron chi connectivity index (χ4n) is 2.06. The number of carbonyl (C=O) groups is 2. The lowest BCUT2D eigenvalue weighted by molar-refractivity contribution is -0.136. The number of carbonyl (C=O) groups excluding carboxylic acids is 1. The predicted octanol–water partition coefficient (Wildman–Crippen LogP) is 2.61. The first-order chi connectivity index (χ1) is 10.1. The molecule has 0 aromatic heterocycles. The molecule has 0 spiro atoms. The number of benzene rings is 1. The van der Waals surface area contributed by atoms with Crippen LogP contribution in [0.15, 0.2) is 24.3 Å². The molecule has 1 aromatic carbocycles. The molecule has 7 heteroatoms. The molecule has 0 aliphatic carbocycles. The predicted molar refractivity (Wildman–Crippen MR) is 82.9 cm³/mol. The van der Waals surface area contributed by atoms with Gasteiger partial charge < -0.3 is 10.0 Å². The average Bonchev–Trinajstić information content (AvgIpc) is 2.93. The van der Waals surface area contributed by atoms with Crippen LogP contribution < -0.4 is 0 Å². The van der Waals surface area contributed by atoms with Crippen LogP contribution >= 0.6 is 23.5 Å². The fourth-order valence-corrected chi connectivity index (χ4v) is 4.16. The lowest BCUT2D eigenvalue weighted by Crippen LogP contribution is -2.32. The van der Waals surface area contributed by atoms with Gasteiger partial charge in [0.2, 0.25) is 5.91 Å². The Morgan fingerprint density at radius 3 is 2.90 bits per heavy atom. The molecule has 0 unspecified atom stereocenters. The number of amides is 1. The number of aliphatic carboxylic acids is 1. The van der Waals surface area contributed by atoms with Crippen LogP contribution in [0.1, 0.15) is 17.4 Å². The number of carboxylic acids is 1. The number of hydrogen-bond donors (Lipinski definition) is 1. The van der Waals surface area contributed by atoms with E-state index in [9.17, 15) is 14.0 Å². The summed E-state index contributed by atoms with van der Waals surface area (Å²) in [5.74, 6) is 0.197. The summed E-state index contributed by atoms with van der Waals surface area (Å²) in [6.45, 7) is 0.599. The molecule has 0 bridgehead atoms. The summed E-state index contributed by atoms with van der Waals surface area (Å²) in [5, 5.41) is 8.28. The Hall–Kier alpha value is -1.21. The van der Waals surface area contributed by atoms with Crippen LogP contribution in [0.25, 0.3) is 0 Å². The normalized spacial score (nSPS) is 18.0. The third-order valence-electron chi connectivity index (χ3n) is 3.07. The van der Waals surface area contributed by atoms with Gasteiger partial charge in [0.1, 0.15) is 11.2 Å². The first kappa shape index (κ1) is 16.2. The number of thioether (sulfide) groups is 2. The highest BCUT2D eigenvalue weighted by Crippen LogP contribution is 2.39. The van der Waals surface area contributed by atoms with Crippen LogP contribution in [0.5, 0.6) is 0 Å². The third kappa shape index (κ3) is 4.38. The molecule has 1 N–H and O–H groups in total. The Morgan fingerprint density at radius 2 is 2.19 bits per heavy atom. The van der Waals surface area contributed by atoms with Gasteiger partial charge in [0, 0.05) is 23.6 Å². The zero-order valence-electron chi connectivity index (χ0n) is 11.3. The summed E-state index contributed by atoms with van der Waals surface area (Å²) in [7, 11) is 0. The highest BCUT2D eigenvalue weighted by atomic mass is 32.2. The van der Waals surface area contributed by atoms with E-state index < -0.39 is 5.97 Å². The molecule has 114 valence electrons. The molecule has 1 heterocycles. The van der Waals surface area contributed by atoms with E-state index in [0.717, 1.165) is 5.75 Å². The largest absolute Gasteiger partial charge is 0.481 e. The summed E-state index contributed by atoms with van der Waals surface area (Å²) in [4.78, 5) is 24.3. The molecule has 21 heavy (non-hydrogen) atoms.